The second-order valence-corrected chi connectivity index (χ2v) is 7.00. The number of hydrogen-bond donors (Lipinski definition) is 0. The summed E-state index contributed by atoms with van der Waals surface area (Å²) in [6, 6.07) is 5.74. The van der Waals surface area contributed by atoms with E-state index in [-0.39, 0.29) is 17.2 Å². The average Bonchev–Trinajstić information content (AvgIpc) is 2.81. The van der Waals surface area contributed by atoms with Crippen LogP contribution < -0.4 is 0 Å². The van der Waals surface area contributed by atoms with Gasteiger partial charge in [0.05, 0.1) is 24.3 Å². The molecule has 0 bridgehead atoms. The second kappa shape index (κ2) is 11.5. The summed E-state index contributed by atoms with van der Waals surface area (Å²) in [6.45, 7) is 0. The number of benzene rings is 2. The van der Waals surface area contributed by atoms with Crippen LogP contribution in [0.15, 0.2) is 70.7 Å². The first kappa shape index (κ1) is 29.5. The number of oxime groups is 2. The van der Waals surface area contributed by atoms with Crippen LogP contribution >= 0.6 is 11.6 Å². The molecule has 6 nitrogen and oxygen atoms in total. The lowest BCUT2D eigenvalue weighted by Crippen LogP contribution is -2.16. The quantitative estimate of drug-likeness (QED) is 0.0753. The summed E-state index contributed by atoms with van der Waals surface area (Å²) in [5, 5.41) is 5.78. The number of allylic oxidation sites excluding steroid dienone is 1. The Labute approximate surface area is 206 Å². The summed E-state index contributed by atoms with van der Waals surface area (Å²) in [4.78, 5) is 20.2. The predicted molar refractivity (Wildman–Crippen MR) is 110 cm³/mol. The maximum atomic E-state index is 13.1. The first-order valence-corrected chi connectivity index (χ1v) is 9.77. The Morgan fingerprint density at radius 3 is 1.62 bits per heavy atom. The second-order valence-electron chi connectivity index (χ2n) is 6.64. The number of esters is 1. The van der Waals surface area contributed by atoms with Crippen LogP contribution in [-0.2, 0) is 31.6 Å². The molecule has 0 N–H and O–H groups in total. The van der Waals surface area contributed by atoms with Crippen LogP contribution in [0.4, 0.5) is 39.5 Å². The van der Waals surface area contributed by atoms with Gasteiger partial charge in [-0.05, 0) is 41.6 Å². The van der Waals surface area contributed by atoms with Crippen molar-refractivity contribution in [3.8, 4) is 0 Å². The van der Waals surface area contributed by atoms with E-state index in [2.05, 4.69) is 19.9 Å². The van der Waals surface area contributed by atoms with Crippen molar-refractivity contribution in [1.29, 1.82) is 0 Å². The Hall–Kier alpha value is -3.75. The third kappa shape index (κ3) is 8.70. The van der Waals surface area contributed by atoms with Gasteiger partial charge >= 0.3 is 24.5 Å². The van der Waals surface area contributed by atoms with Crippen LogP contribution in [0.1, 0.15) is 22.3 Å². The molecule has 0 aliphatic rings. The number of rotatable bonds is 6. The van der Waals surface area contributed by atoms with E-state index < -0.39 is 52.5 Å². The molecule has 2 aromatic carbocycles. The Morgan fingerprint density at radius 2 is 1.22 bits per heavy atom. The van der Waals surface area contributed by atoms with Crippen molar-refractivity contribution in [2.45, 2.75) is 18.5 Å². The van der Waals surface area contributed by atoms with Gasteiger partial charge in [0.1, 0.15) is 0 Å². The molecule has 0 aromatic heterocycles. The Morgan fingerprint density at radius 1 is 0.757 bits per heavy atom. The molecule has 2 rings (SSSR count). The number of carbonyl (C=O) groups is 1. The van der Waals surface area contributed by atoms with E-state index >= 15 is 0 Å². The summed E-state index contributed by atoms with van der Waals surface area (Å²) < 4.78 is 120. The van der Waals surface area contributed by atoms with Gasteiger partial charge in [0.25, 0.3) is 5.90 Å². The van der Waals surface area contributed by atoms with Crippen LogP contribution in [0.25, 0.3) is 0 Å². The van der Waals surface area contributed by atoms with Crippen molar-refractivity contribution in [2.24, 2.45) is 10.3 Å². The molecule has 0 heterocycles. The van der Waals surface area contributed by atoms with Gasteiger partial charge in [-0.2, -0.15) is 39.5 Å². The highest BCUT2D eigenvalue weighted by Crippen LogP contribution is 2.31. The van der Waals surface area contributed by atoms with Crippen LogP contribution in [0.5, 0.6) is 0 Å². The predicted octanol–water partition coefficient (Wildman–Crippen LogP) is 6.64. The fourth-order valence-electron chi connectivity index (χ4n) is 2.27. The first-order valence-electron chi connectivity index (χ1n) is 9.40. The van der Waals surface area contributed by atoms with Gasteiger partial charge in [0.15, 0.2) is 5.17 Å². The summed E-state index contributed by atoms with van der Waals surface area (Å²) in [5.74, 6) is -4.41. The van der Waals surface area contributed by atoms with Crippen LogP contribution in [0.2, 0.25) is 0 Å². The first-order chi connectivity index (χ1) is 17.0. The summed E-state index contributed by atoms with van der Waals surface area (Å²) >= 11 is 5.86. The monoisotopic (exact) mass is 562 g/mol. The third-order valence-corrected chi connectivity index (χ3v) is 4.37. The number of halogens is 10. The highest BCUT2D eigenvalue weighted by atomic mass is 35.5. The fourth-order valence-corrected chi connectivity index (χ4v) is 2.43. The van der Waals surface area contributed by atoms with Crippen LogP contribution in [0, 0.1) is 0 Å². The zero-order chi connectivity index (χ0) is 28.0. The normalized spacial score (nSPS) is 13.9. The van der Waals surface area contributed by atoms with Gasteiger partial charge in [-0.1, -0.05) is 28.9 Å². The minimum absolute atomic E-state index is 0.105. The maximum absolute atomic E-state index is 13.1. The largest absolute Gasteiger partial charge is 0.466 e. The van der Waals surface area contributed by atoms with E-state index in [1.807, 2.05) is 0 Å². The summed E-state index contributed by atoms with van der Waals surface area (Å²) in [6.07, 6.45) is -14.8. The molecule has 0 aliphatic carbocycles. The molecule has 0 fully saturated rings. The highest BCUT2D eigenvalue weighted by molar-refractivity contribution is 6.69. The van der Waals surface area contributed by atoms with E-state index in [4.69, 9.17) is 16.4 Å². The molecule has 0 atom stereocenters. The van der Waals surface area contributed by atoms with Gasteiger partial charge in [-0.15, -0.1) is 0 Å². The molecular formula is C21H12ClF9N2O4. The van der Waals surface area contributed by atoms with Crippen molar-refractivity contribution in [2.75, 3.05) is 7.11 Å². The van der Waals surface area contributed by atoms with Crippen molar-refractivity contribution in [3.63, 3.8) is 0 Å². The van der Waals surface area contributed by atoms with Crippen LogP contribution in [0.3, 0.4) is 0 Å². The zero-order valence-electron chi connectivity index (χ0n) is 18.0. The zero-order valence-corrected chi connectivity index (χ0v) is 18.8. The molecule has 0 spiro atoms. The number of ether oxygens (including phenoxy) is 1. The minimum atomic E-state index is -5.26. The van der Waals surface area contributed by atoms with E-state index in [1.165, 1.54) is 0 Å². The standard InChI is InChI=1S/C21H12ClF9N2O4/c1-35-16(34)10-15(21(29,30)31)36-33-18(12-4-8-14(9-5-12)20(26,27)28)37-32-17(22)11-2-6-13(7-3-11)19(23,24)25/h2-10H,1H3/b15-10-,32-17-,33-18-. The molecule has 0 aliphatic heterocycles. The molecule has 0 saturated heterocycles. The molecule has 2 aromatic rings. The fraction of sp³-hybridized carbons (Fsp3) is 0.190. The lowest BCUT2D eigenvalue weighted by atomic mass is 10.1. The lowest BCUT2D eigenvalue weighted by Gasteiger charge is -2.11. The molecule has 37 heavy (non-hydrogen) atoms. The van der Waals surface area contributed by atoms with Crippen molar-refractivity contribution >= 4 is 28.6 Å². The molecule has 200 valence electrons. The number of nitrogens with zero attached hydrogens (tertiary/aromatic N) is 2. The van der Waals surface area contributed by atoms with Crippen molar-refractivity contribution in [3.05, 3.63) is 82.6 Å². The highest BCUT2D eigenvalue weighted by Gasteiger charge is 2.38. The van der Waals surface area contributed by atoms with Gasteiger partial charge < -0.3 is 14.4 Å². The van der Waals surface area contributed by atoms with E-state index in [0.29, 0.717) is 24.3 Å². The van der Waals surface area contributed by atoms with Gasteiger partial charge in [-0.3, -0.25) is 0 Å². The third-order valence-electron chi connectivity index (χ3n) is 4.08. The average molecular weight is 563 g/mol. The summed E-state index contributed by atoms with van der Waals surface area (Å²) in [7, 11) is 0.783. The van der Waals surface area contributed by atoms with E-state index in [0.717, 1.165) is 31.4 Å². The van der Waals surface area contributed by atoms with Gasteiger partial charge in [0.2, 0.25) is 5.76 Å². The minimum Gasteiger partial charge on any atom is -0.466 e. The van der Waals surface area contributed by atoms with E-state index in [1.54, 1.807) is 0 Å². The van der Waals surface area contributed by atoms with Crippen LogP contribution in [-0.4, -0.2) is 30.3 Å². The lowest BCUT2D eigenvalue weighted by molar-refractivity contribution is -0.142. The SMILES string of the molecule is COC(=O)/C=C(\O/N=C(\O/N=C(\Cl)c1ccc(C(F)(F)F)cc1)c1ccc(C(F)(F)F)cc1)C(F)(F)F. The van der Waals surface area contributed by atoms with E-state index in [9.17, 15) is 44.3 Å². The van der Waals surface area contributed by atoms with Crippen molar-refractivity contribution in [1.82, 2.24) is 0 Å². The summed E-state index contributed by atoms with van der Waals surface area (Å²) in [5.41, 5.74) is -2.64. The molecular weight excluding hydrogens is 551 g/mol. The molecule has 0 unspecified atom stereocenters. The Bertz CT molecular complexity index is 1180. The number of methoxy groups -OCH3 is 1. The smallest absolute Gasteiger partial charge is 0.452 e. The molecule has 0 saturated carbocycles. The van der Waals surface area contributed by atoms with Gasteiger partial charge in [-0.25, -0.2) is 4.79 Å². The molecule has 0 radical (unpaired) electrons. The number of carbonyl (C=O) groups excluding carboxylic acids is 1. The molecule has 0 amide bonds. The number of hydrogen-bond acceptors (Lipinski definition) is 6. The van der Waals surface area contributed by atoms with Gasteiger partial charge in [0, 0.05) is 11.1 Å². The van der Waals surface area contributed by atoms with Crippen molar-refractivity contribution < 1.29 is 58.7 Å². The Kier molecular flexibility index (Phi) is 9.19. The topological polar surface area (TPSA) is 69.5 Å². The molecule has 16 heteroatoms. The Balaban J connectivity index is 2.44. The maximum Gasteiger partial charge on any atom is 0.452 e. The number of alkyl halides is 9.